The molecule has 0 saturated carbocycles. The monoisotopic (exact) mass is 300 g/mol. The Morgan fingerprint density at radius 1 is 1.36 bits per heavy atom. The topological polar surface area (TPSA) is 52.6 Å². The van der Waals surface area contributed by atoms with Crippen LogP contribution in [0.25, 0.3) is 0 Å². The summed E-state index contributed by atoms with van der Waals surface area (Å²) in [5.74, 6) is 5.91. The Bertz CT molecular complexity index is 576. The van der Waals surface area contributed by atoms with E-state index in [0.29, 0.717) is 19.0 Å². The Kier molecular flexibility index (Phi) is 5.23. The third-order valence-electron chi connectivity index (χ3n) is 3.70. The molecule has 1 aliphatic rings. The van der Waals surface area contributed by atoms with Gasteiger partial charge in [0.05, 0.1) is 0 Å². The summed E-state index contributed by atoms with van der Waals surface area (Å²) in [4.78, 5) is 13.8. The smallest absolute Gasteiger partial charge is 0.221 e. The number of nitrogens with zero attached hydrogens (tertiary/aromatic N) is 1. The van der Waals surface area contributed by atoms with Gasteiger partial charge in [0, 0.05) is 37.7 Å². The lowest BCUT2D eigenvalue weighted by atomic mass is 10.1. The van der Waals surface area contributed by atoms with Gasteiger partial charge in [-0.05, 0) is 38.5 Å². The van der Waals surface area contributed by atoms with Gasteiger partial charge in [-0.3, -0.25) is 9.69 Å². The number of hydrogen-bond acceptors (Lipinski definition) is 3. The van der Waals surface area contributed by atoms with E-state index in [1.165, 1.54) is 5.56 Å². The highest BCUT2D eigenvalue weighted by Crippen LogP contribution is 2.12. The predicted molar refractivity (Wildman–Crippen MR) is 87.1 cm³/mol. The number of hydrogen-bond donors (Lipinski definition) is 2. The maximum absolute atomic E-state index is 11.5. The zero-order chi connectivity index (χ0) is 16.2. The van der Waals surface area contributed by atoms with Crippen molar-refractivity contribution >= 4 is 5.91 Å². The first-order valence-corrected chi connectivity index (χ1v) is 7.69. The van der Waals surface area contributed by atoms with Crippen LogP contribution in [0.3, 0.4) is 0 Å². The molecule has 1 unspecified atom stereocenters. The van der Waals surface area contributed by atoms with Gasteiger partial charge in [-0.1, -0.05) is 24.0 Å². The summed E-state index contributed by atoms with van der Waals surface area (Å²) in [6, 6.07) is 8.39. The lowest BCUT2D eigenvalue weighted by molar-refractivity contribution is -0.120. The molecule has 1 saturated heterocycles. The first-order chi connectivity index (χ1) is 10.3. The molecule has 0 bridgehead atoms. The zero-order valence-electron chi connectivity index (χ0n) is 13.5. The lowest BCUT2D eigenvalue weighted by Crippen LogP contribution is -2.37. The van der Waals surface area contributed by atoms with E-state index in [2.05, 4.69) is 41.1 Å². The number of aliphatic hydroxyl groups is 1. The van der Waals surface area contributed by atoms with Gasteiger partial charge in [-0.15, -0.1) is 0 Å². The van der Waals surface area contributed by atoms with Gasteiger partial charge in [0.25, 0.3) is 0 Å². The van der Waals surface area contributed by atoms with Crippen LogP contribution in [0.5, 0.6) is 0 Å². The first-order valence-electron chi connectivity index (χ1n) is 7.69. The van der Waals surface area contributed by atoms with Crippen LogP contribution in [0.4, 0.5) is 0 Å². The van der Waals surface area contributed by atoms with E-state index in [0.717, 1.165) is 18.7 Å². The molecule has 1 aromatic rings. The Morgan fingerprint density at radius 3 is 2.68 bits per heavy atom. The fourth-order valence-electron chi connectivity index (χ4n) is 2.33. The summed E-state index contributed by atoms with van der Waals surface area (Å²) in [7, 11) is 0. The van der Waals surface area contributed by atoms with Crippen LogP contribution < -0.4 is 5.32 Å². The Balaban J connectivity index is 2.01. The third-order valence-corrected chi connectivity index (χ3v) is 3.70. The normalized spacial score (nSPS) is 19.8. The summed E-state index contributed by atoms with van der Waals surface area (Å²) in [5.41, 5.74) is 1.13. The highest BCUT2D eigenvalue weighted by atomic mass is 16.3. The average Bonchev–Trinajstić information content (AvgIpc) is 2.61. The highest BCUT2D eigenvalue weighted by molar-refractivity contribution is 5.76. The molecule has 0 aromatic heterocycles. The van der Waals surface area contributed by atoms with E-state index in [4.69, 9.17) is 0 Å². The fraction of sp³-hybridized carbons (Fsp3) is 0.500. The number of benzene rings is 1. The number of carbonyl (C=O) groups excluding carboxylic acids is 1. The van der Waals surface area contributed by atoms with E-state index >= 15 is 0 Å². The number of amides is 1. The van der Waals surface area contributed by atoms with Gasteiger partial charge < -0.3 is 10.4 Å². The van der Waals surface area contributed by atoms with E-state index in [1.807, 2.05) is 12.1 Å². The Morgan fingerprint density at radius 2 is 2.05 bits per heavy atom. The molecule has 2 N–H and O–H groups in total. The molecule has 1 aliphatic heterocycles. The molecular formula is C18H24N2O2. The third kappa shape index (κ3) is 5.18. The number of carbonyl (C=O) groups is 1. The summed E-state index contributed by atoms with van der Waals surface area (Å²) >= 11 is 0. The summed E-state index contributed by atoms with van der Waals surface area (Å²) < 4.78 is 0. The van der Waals surface area contributed by atoms with Crippen molar-refractivity contribution in [2.45, 2.75) is 45.4 Å². The molecule has 1 atom stereocenters. The van der Waals surface area contributed by atoms with Gasteiger partial charge in [0.1, 0.15) is 5.60 Å². The van der Waals surface area contributed by atoms with Gasteiger partial charge in [0.15, 0.2) is 0 Å². The molecule has 4 heteroatoms. The van der Waals surface area contributed by atoms with Crippen LogP contribution in [-0.4, -0.2) is 40.6 Å². The molecule has 2 rings (SSSR count). The first kappa shape index (κ1) is 16.5. The largest absolute Gasteiger partial charge is 0.378 e. The van der Waals surface area contributed by atoms with Crippen LogP contribution in [0.1, 0.15) is 38.3 Å². The van der Waals surface area contributed by atoms with Gasteiger partial charge in [-0.2, -0.15) is 0 Å². The molecule has 118 valence electrons. The highest BCUT2D eigenvalue weighted by Gasteiger charge is 2.19. The van der Waals surface area contributed by atoms with Crippen molar-refractivity contribution in [2.24, 2.45) is 0 Å². The van der Waals surface area contributed by atoms with Crippen LogP contribution in [0.2, 0.25) is 0 Å². The molecule has 1 fully saturated rings. The second-order valence-corrected chi connectivity index (χ2v) is 6.38. The zero-order valence-corrected chi connectivity index (χ0v) is 13.5. The van der Waals surface area contributed by atoms with Crippen LogP contribution in [-0.2, 0) is 11.3 Å². The van der Waals surface area contributed by atoms with Crippen LogP contribution in [0, 0.1) is 11.8 Å². The molecule has 1 aromatic carbocycles. The SMILES string of the molecule is CC1CNC(=O)CCN1Cc1ccc(C#CC(C)(C)O)cc1. The van der Waals surface area contributed by atoms with Crippen LogP contribution >= 0.6 is 0 Å². The molecule has 1 heterocycles. The molecule has 1 amide bonds. The van der Waals surface area contributed by atoms with E-state index < -0.39 is 5.60 Å². The minimum atomic E-state index is -0.973. The quantitative estimate of drug-likeness (QED) is 0.814. The van der Waals surface area contributed by atoms with Crippen molar-refractivity contribution in [1.82, 2.24) is 10.2 Å². The second-order valence-electron chi connectivity index (χ2n) is 6.38. The summed E-state index contributed by atoms with van der Waals surface area (Å²) in [5, 5.41) is 12.5. The van der Waals surface area contributed by atoms with E-state index in [9.17, 15) is 9.90 Å². The maximum Gasteiger partial charge on any atom is 0.221 e. The minimum absolute atomic E-state index is 0.131. The van der Waals surface area contributed by atoms with E-state index in [1.54, 1.807) is 13.8 Å². The Hall–Kier alpha value is -1.83. The van der Waals surface area contributed by atoms with Crippen molar-refractivity contribution in [3.05, 3.63) is 35.4 Å². The predicted octanol–water partition coefficient (Wildman–Crippen LogP) is 1.52. The van der Waals surface area contributed by atoms with E-state index in [-0.39, 0.29) is 5.91 Å². The lowest BCUT2D eigenvalue weighted by Gasteiger charge is -2.26. The molecular weight excluding hydrogens is 276 g/mol. The number of nitrogens with one attached hydrogen (secondary N) is 1. The summed E-state index contributed by atoms with van der Waals surface area (Å²) in [6.45, 7) is 7.79. The van der Waals surface area contributed by atoms with Crippen molar-refractivity contribution < 1.29 is 9.90 Å². The second kappa shape index (κ2) is 6.95. The van der Waals surface area contributed by atoms with Crippen molar-refractivity contribution in [1.29, 1.82) is 0 Å². The average molecular weight is 300 g/mol. The standard InChI is InChI=1S/C18H24N2O2/c1-14-12-19-17(21)9-11-20(14)13-16-6-4-15(5-7-16)8-10-18(2,3)22/h4-7,14,22H,9,11-13H2,1-3H3,(H,19,21). The molecule has 22 heavy (non-hydrogen) atoms. The van der Waals surface area contributed by atoms with Crippen molar-refractivity contribution in [2.75, 3.05) is 13.1 Å². The molecule has 0 radical (unpaired) electrons. The molecule has 0 aliphatic carbocycles. The summed E-state index contributed by atoms with van der Waals surface area (Å²) in [6.07, 6.45) is 0.555. The molecule has 4 nitrogen and oxygen atoms in total. The van der Waals surface area contributed by atoms with Crippen molar-refractivity contribution in [3.63, 3.8) is 0 Å². The van der Waals surface area contributed by atoms with Gasteiger partial charge in [-0.25, -0.2) is 0 Å². The Labute approximate surface area is 132 Å². The van der Waals surface area contributed by atoms with Crippen LogP contribution in [0.15, 0.2) is 24.3 Å². The number of rotatable bonds is 2. The molecule has 0 spiro atoms. The minimum Gasteiger partial charge on any atom is -0.378 e. The fourth-order valence-corrected chi connectivity index (χ4v) is 2.33. The van der Waals surface area contributed by atoms with Gasteiger partial charge >= 0.3 is 0 Å². The maximum atomic E-state index is 11.5. The van der Waals surface area contributed by atoms with Gasteiger partial charge in [0.2, 0.25) is 5.91 Å². The van der Waals surface area contributed by atoms with Crippen molar-refractivity contribution in [3.8, 4) is 11.8 Å².